The summed E-state index contributed by atoms with van der Waals surface area (Å²) in [4.78, 5) is 8.53. The van der Waals surface area contributed by atoms with Crippen LogP contribution in [0.2, 0.25) is 0 Å². The third-order valence-corrected chi connectivity index (χ3v) is 2.56. The number of nitrogens with zero attached hydrogens (tertiary/aromatic N) is 2. The first kappa shape index (κ1) is 13.5. The molecular weight excluding hydrogens is 240 g/mol. The maximum Gasteiger partial charge on any atom is 0.131 e. The van der Waals surface area contributed by atoms with Crippen LogP contribution in [0.25, 0.3) is 11.3 Å². The molecule has 2 rings (SSSR count). The van der Waals surface area contributed by atoms with E-state index in [1.54, 1.807) is 6.20 Å². The van der Waals surface area contributed by atoms with Gasteiger partial charge in [-0.25, -0.2) is 9.97 Å². The van der Waals surface area contributed by atoms with Gasteiger partial charge in [0.05, 0.1) is 18.4 Å². The van der Waals surface area contributed by atoms with Crippen molar-refractivity contribution in [2.75, 3.05) is 6.61 Å². The van der Waals surface area contributed by atoms with Crippen molar-refractivity contribution in [1.29, 1.82) is 0 Å². The number of ether oxygens (including phenoxy) is 1. The van der Waals surface area contributed by atoms with Crippen LogP contribution >= 0.6 is 0 Å². The first-order chi connectivity index (χ1) is 9.19. The van der Waals surface area contributed by atoms with Gasteiger partial charge < -0.3 is 9.84 Å². The molecule has 0 bridgehead atoms. The summed E-state index contributed by atoms with van der Waals surface area (Å²) in [5.41, 5.74) is 1.87. The molecule has 0 aliphatic rings. The Labute approximate surface area is 113 Å². The topological polar surface area (TPSA) is 55.2 Å². The molecule has 1 aromatic carbocycles. The van der Waals surface area contributed by atoms with E-state index in [4.69, 9.17) is 9.84 Å². The third kappa shape index (κ3) is 3.76. The van der Waals surface area contributed by atoms with Crippen LogP contribution in [0.15, 0.2) is 36.5 Å². The van der Waals surface area contributed by atoms with Crippen LogP contribution in [0.4, 0.5) is 0 Å². The van der Waals surface area contributed by atoms with Gasteiger partial charge in [0.2, 0.25) is 0 Å². The van der Waals surface area contributed by atoms with Gasteiger partial charge in [0, 0.05) is 18.2 Å². The Morgan fingerprint density at radius 2 is 1.89 bits per heavy atom. The highest BCUT2D eigenvalue weighted by Gasteiger charge is 2.03. The Balaban J connectivity index is 2.19. The number of aliphatic hydroxyl groups is 1. The van der Waals surface area contributed by atoms with Crippen molar-refractivity contribution < 1.29 is 9.84 Å². The Kier molecular flexibility index (Phi) is 4.47. The summed E-state index contributed by atoms with van der Waals surface area (Å²) < 4.78 is 5.60. The molecule has 0 amide bonds. The quantitative estimate of drug-likeness (QED) is 0.895. The van der Waals surface area contributed by atoms with Crippen LogP contribution in [0.3, 0.4) is 0 Å². The molecule has 0 atom stereocenters. The second-order valence-corrected chi connectivity index (χ2v) is 4.52. The van der Waals surface area contributed by atoms with Gasteiger partial charge in [-0.15, -0.1) is 0 Å². The molecule has 0 saturated carbocycles. The van der Waals surface area contributed by atoms with Gasteiger partial charge in [0.15, 0.2) is 0 Å². The third-order valence-electron chi connectivity index (χ3n) is 2.56. The zero-order valence-electron chi connectivity index (χ0n) is 11.2. The summed E-state index contributed by atoms with van der Waals surface area (Å²) >= 11 is 0. The van der Waals surface area contributed by atoms with Gasteiger partial charge in [0.1, 0.15) is 11.6 Å². The molecule has 1 N–H and O–H groups in total. The summed E-state index contributed by atoms with van der Waals surface area (Å²) in [6.45, 7) is 4.06. The number of rotatable bonds is 5. The van der Waals surface area contributed by atoms with Crippen LogP contribution in [0, 0.1) is 0 Å². The molecule has 0 aliphatic heterocycles. The maximum atomic E-state index is 8.90. The molecule has 4 nitrogen and oxygen atoms in total. The van der Waals surface area contributed by atoms with Crippen molar-refractivity contribution in [1.82, 2.24) is 9.97 Å². The van der Waals surface area contributed by atoms with Crippen molar-refractivity contribution in [3.8, 4) is 17.0 Å². The molecule has 0 radical (unpaired) electrons. The van der Waals surface area contributed by atoms with E-state index in [0.717, 1.165) is 17.0 Å². The molecule has 0 saturated heterocycles. The standard InChI is InChI=1S/C15H18N2O2/c1-11(2)19-13-5-3-12(4-6-13)14-7-9-16-15(17-14)8-10-18/h3-7,9,11,18H,8,10H2,1-2H3. The van der Waals surface area contributed by atoms with Crippen LogP contribution in [-0.2, 0) is 6.42 Å². The van der Waals surface area contributed by atoms with Crippen molar-refractivity contribution in [3.05, 3.63) is 42.4 Å². The number of aromatic nitrogens is 2. The van der Waals surface area contributed by atoms with Crippen LogP contribution in [0.1, 0.15) is 19.7 Å². The minimum Gasteiger partial charge on any atom is -0.491 e. The molecule has 0 spiro atoms. The van der Waals surface area contributed by atoms with Gasteiger partial charge in [-0.05, 0) is 44.2 Å². The van der Waals surface area contributed by atoms with Crippen LogP contribution in [-0.4, -0.2) is 27.8 Å². The second-order valence-electron chi connectivity index (χ2n) is 4.52. The predicted molar refractivity (Wildman–Crippen MR) is 74.0 cm³/mol. The first-order valence-electron chi connectivity index (χ1n) is 6.39. The fourth-order valence-electron chi connectivity index (χ4n) is 1.76. The molecule has 4 heteroatoms. The Morgan fingerprint density at radius 3 is 2.53 bits per heavy atom. The Bertz CT molecular complexity index is 524. The summed E-state index contributed by atoms with van der Waals surface area (Å²) in [7, 11) is 0. The highest BCUT2D eigenvalue weighted by molar-refractivity contribution is 5.59. The highest BCUT2D eigenvalue weighted by Crippen LogP contribution is 2.21. The molecule has 2 aromatic rings. The number of hydrogen-bond acceptors (Lipinski definition) is 4. The lowest BCUT2D eigenvalue weighted by atomic mass is 10.1. The largest absolute Gasteiger partial charge is 0.491 e. The van der Waals surface area contributed by atoms with E-state index in [2.05, 4.69) is 9.97 Å². The SMILES string of the molecule is CC(C)Oc1ccc(-c2ccnc(CCO)n2)cc1. The Morgan fingerprint density at radius 1 is 1.16 bits per heavy atom. The summed E-state index contributed by atoms with van der Waals surface area (Å²) in [6, 6.07) is 9.68. The molecule has 19 heavy (non-hydrogen) atoms. The monoisotopic (exact) mass is 258 g/mol. The summed E-state index contributed by atoms with van der Waals surface area (Å²) in [5.74, 6) is 1.51. The maximum absolute atomic E-state index is 8.90. The van der Waals surface area contributed by atoms with Crippen LogP contribution in [0.5, 0.6) is 5.75 Å². The molecule has 1 heterocycles. The predicted octanol–water partition coefficient (Wildman–Crippen LogP) is 2.47. The number of benzene rings is 1. The zero-order chi connectivity index (χ0) is 13.7. The summed E-state index contributed by atoms with van der Waals surface area (Å²) in [5, 5.41) is 8.90. The first-order valence-corrected chi connectivity index (χ1v) is 6.39. The van der Waals surface area contributed by atoms with E-state index in [-0.39, 0.29) is 12.7 Å². The van der Waals surface area contributed by atoms with Crippen molar-refractivity contribution in [2.45, 2.75) is 26.4 Å². The van der Waals surface area contributed by atoms with Crippen molar-refractivity contribution in [2.24, 2.45) is 0 Å². The van der Waals surface area contributed by atoms with E-state index in [1.807, 2.05) is 44.2 Å². The van der Waals surface area contributed by atoms with E-state index >= 15 is 0 Å². The molecule has 0 aliphatic carbocycles. The molecular formula is C15H18N2O2. The van der Waals surface area contributed by atoms with Crippen molar-refractivity contribution >= 4 is 0 Å². The lowest BCUT2D eigenvalue weighted by molar-refractivity contribution is 0.242. The van der Waals surface area contributed by atoms with Gasteiger partial charge in [0.25, 0.3) is 0 Å². The van der Waals surface area contributed by atoms with Gasteiger partial charge >= 0.3 is 0 Å². The van der Waals surface area contributed by atoms with E-state index in [1.165, 1.54) is 0 Å². The van der Waals surface area contributed by atoms with E-state index in [0.29, 0.717) is 12.2 Å². The molecule has 0 fully saturated rings. The normalized spacial score (nSPS) is 10.7. The van der Waals surface area contributed by atoms with Gasteiger partial charge in [-0.1, -0.05) is 0 Å². The van der Waals surface area contributed by atoms with Crippen LogP contribution < -0.4 is 4.74 Å². The van der Waals surface area contributed by atoms with Crippen molar-refractivity contribution in [3.63, 3.8) is 0 Å². The number of aliphatic hydroxyl groups excluding tert-OH is 1. The van der Waals surface area contributed by atoms with E-state index in [9.17, 15) is 0 Å². The lowest BCUT2D eigenvalue weighted by Crippen LogP contribution is -2.05. The number of hydrogen-bond donors (Lipinski definition) is 1. The lowest BCUT2D eigenvalue weighted by Gasteiger charge is -2.10. The average molecular weight is 258 g/mol. The minimum atomic E-state index is 0.0601. The van der Waals surface area contributed by atoms with Gasteiger partial charge in [-0.2, -0.15) is 0 Å². The van der Waals surface area contributed by atoms with Gasteiger partial charge in [-0.3, -0.25) is 0 Å². The zero-order valence-corrected chi connectivity index (χ0v) is 11.2. The fraction of sp³-hybridized carbons (Fsp3) is 0.333. The smallest absolute Gasteiger partial charge is 0.131 e. The molecule has 0 unspecified atom stereocenters. The average Bonchev–Trinajstić information content (AvgIpc) is 2.40. The molecule has 1 aromatic heterocycles. The summed E-state index contributed by atoms with van der Waals surface area (Å²) in [6.07, 6.45) is 2.36. The second kappa shape index (κ2) is 6.29. The Hall–Kier alpha value is -1.94. The minimum absolute atomic E-state index is 0.0601. The molecule has 100 valence electrons. The fourth-order valence-corrected chi connectivity index (χ4v) is 1.76. The highest BCUT2D eigenvalue weighted by atomic mass is 16.5. The van der Waals surface area contributed by atoms with E-state index < -0.39 is 0 Å².